The molecule has 2 aromatic heterocycles. The topological polar surface area (TPSA) is 86.5 Å². The zero-order valence-corrected chi connectivity index (χ0v) is 25.0. The monoisotopic (exact) mass is 655 g/mol. The zero-order chi connectivity index (χ0) is 33.7. The van der Waals surface area contributed by atoms with Crippen LogP contribution in [0, 0.1) is 22.9 Å². The Kier molecular flexibility index (Phi) is 8.20. The molecule has 7 nitrogen and oxygen atoms in total. The summed E-state index contributed by atoms with van der Waals surface area (Å²) >= 11 is 0. The van der Waals surface area contributed by atoms with Gasteiger partial charge in [0.15, 0.2) is 0 Å². The molecule has 1 aliphatic heterocycles. The number of alkyl halides is 3. The number of rotatable bonds is 8. The summed E-state index contributed by atoms with van der Waals surface area (Å²) in [5, 5.41) is 9.57. The van der Waals surface area contributed by atoms with E-state index in [2.05, 4.69) is 9.97 Å². The van der Waals surface area contributed by atoms with Crippen molar-refractivity contribution in [3.63, 3.8) is 0 Å². The number of carboxylic acid groups (broad SMARTS) is 1. The molecule has 6 rings (SSSR count). The molecule has 0 unspecified atom stereocenters. The third kappa shape index (κ3) is 6.39. The molecular weight excluding hydrogens is 628 g/mol. The second-order valence-corrected chi connectivity index (χ2v) is 12.0. The Labute approximate surface area is 264 Å². The van der Waals surface area contributed by atoms with E-state index in [0.717, 1.165) is 24.3 Å². The molecule has 0 aliphatic carbocycles. The van der Waals surface area contributed by atoms with Crippen molar-refractivity contribution >= 4 is 17.0 Å². The van der Waals surface area contributed by atoms with E-state index < -0.39 is 41.8 Å². The zero-order valence-electron chi connectivity index (χ0n) is 25.0. The normalized spacial score (nSPS) is 16.1. The molecule has 1 N–H and O–H groups in total. The predicted octanol–water partition coefficient (Wildman–Crippen LogP) is 8.00. The van der Waals surface area contributed by atoms with Crippen LogP contribution in [0.1, 0.15) is 52.8 Å². The van der Waals surface area contributed by atoms with E-state index in [-0.39, 0.29) is 51.7 Å². The number of carbonyl (C=O) groups is 1. The highest BCUT2D eigenvalue weighted by molar-refractivity contribution is 5.92. The first-order chi connectivity index (χ1) is 22.2. The Hall–Kier alpha value is -4.91. The van der Waals surface area contributed by atoms with Gasteiger partial charge < -0.3 is 19.1 Å². The van der Waals surface area contributed by atoms with Crippen molar-refractivity contribution in [2.24, 2.45) is 5.41 Å². The first kappa shape index (κ1) is 32.0. The molecule has 1 saturated heterocycles. The van der Waals surface area contributed by atoms with E-state index in [1.165, 1.54) is 30.3 Å². The number of ether oxygens (including phenoxy) is 2. The van der Waals surface area contributed by atoms with E-state index in [9.17, 15) is 27.5 Å². The van der Waals surface area contributed by atoms with Gasteiger partial charge in [-0.25, -0.2) is 27.9 Å². The van der Waals surface area contributed by atoms with Crippen molar-refractivity contribution < 1.29 is 45.7 Å². The lowest BCUT2D eigenvalue weighted by molar-refractivity contribution is -0.137. The summed E-state index contributed by atoms with van der Waals surface area (Å²) in [6.45, 7) is 4.33. The van der Waals surface area contributed by atoms with Crippen LogP contribution in [-0.4, -0.2) is 38.8 Å². The fourth-order valence-electron chi connectivity index (χ4n) is 5.66. The van der Waals surface area contributed by atoms with Gasteiger partial charge in [0.25, 0.3) is 0 Å². The highest BCUT2D eigenvalue weighted by atomic mass is 19.4. The smallest absolute Gasteiger partial charge is 0.416 e. The fraction of sp³-hybridized carbons (Fsp3) is 0.265. The van der Waals surface area contributed by atoms with Gasteiger partial charge in [-0.1, -0.05) is 26.0 Å². The fourth-order valence-corrected chi connectivity index (χ4v) is 5.66. The van der Waals surface area contributed by atoms with E-state index in [1.54, 1.807) is 6.07 Å². The minimum atomic E-state index is -4.70. The maximum Gasteiger partial charge on any atom is 0.416 e. The molecule has 1 fully saturated rings. The Morgan fingerprint density at radius 1 is 0.979 bits per heavy atom. The number of hydrogen-bond acceptors (Lipinski definition) is 5. The van der Waals surface area contributed by atoms with E-state index in [1.807, 2.05) is 18.4 Å². The van der Waals surface area contributed by atoms with Gasteiger partial charge in [0.1, 0.15) is 29.9 Å². The number of benzene rings is 3. The van der Waals surface area contributed by atoms with Crippen molar-refractivity contribution in [3.05, 3.63) is 112 Å². The molecule has 47 heavy (non-hydrogen) atoms. The van der Waals surface area contributed by atoms with Gasteiger partial charge in [0.2, 0.25) is 5.88 Å². The van der Waals surface area contributed by atoms with Gasteiger partial charge >= 0.3 is 12.1 Å². The van der Waals surface area contributed by atoms with Crippen molar-refractivity contribution in [2.45, 2.75) is 39.1 Å². The Morgan fingerprint density at radius 3 is 2.43 bits per heavy atom. The first-order valence-corrected chi connectivity index (χ1v) is 14.5. The summed E-state index contributed by atoms with van der Waals surface area (Å²) in [6, 6.07) is 12.6. The number of aromatic nitrogens is 3. The third-order valence-electron chi connectivity index (χ3n) is 8.21. The standard InChI is InChI=1S/C34H27F6N3O4/c1-33(2)17-46-16-29(33)43-28-11-18(32(44)45)7-9-27(28)41-30(43)12-20-10-25(37)22(14-24(20)36)26-4-3-5-31(42-26)47-15-19-6-8-21(13-23(19)35)34(38,39)40/h3-11,13-14,29H,12,15-17H2,1-2H3,(H,44,45)/t29-/m1/s1. The summed E-state index contributed by atoms with van der Waals surface area (Å²) in [5.41, 5.74) is -0.702. The number of imidazole rings is 1. The maximum atomic E-state index is 15.6. The Balaban J connectivity index is 1.28. The van der Waals surface area contributed by atoms with Crippen LogP contribution < -0.4 is 4.74 Å². The molecule has 244 valence electrons. The number of halogens is 6. The molecule has 0 amide bonds. The number of aromatic carboxylic acids is 1. The summed E-state index contributed by atoms with van der Waals surface area (Å²) in [6.07, 6.45) is -4.81. The largest absolute Gasteiger partial charge is 0.478 e. The van der Waals surface area contributed by atoms with E-state index >= 15 is 8.78 Å². The predicted molar refractivity (Wildman–Crippen MR) is 158 cm³/mol. The minimum absolute atomic E-state index is 0.00293. The summed E-state index contributed by atoms with van der Waals surface area (Å²) in [4.78, 5) is 20.6. The molecule has 0 saturated carbocycles. The number of fused-ring (bicyclic) bond motifs is 1. The van der Waals surface area contributed by atoms with Crippen molar-refractivity contribution in [1.29, 1.82) is 0 Å². The molecule has 1 aliphatic rings. The molecule has 3 aromatic carbocycles. The van der Waals surface area contributed by atoms with Crippen LogP contribution in [-0.2, 0) is 23.9 Å². The van der Waals surface area contributed by atoms with Gasteiger partial charge in [-0.2, -0.15) is 13.2 Å². The van der Waals surface area contributed by atoms with Gasteiger partial charge in [-0.3, -0.25) is 0 Å². The molecule has 0 bridgehead atoms. The van der Waals surface area contributed by atoms with E-state index in [0.29, 0.717) is 36.1 Å². The van der Waals surface area contributed by atoms with Crippen LogP contribution in [0.25, 0.3) is 22.3 Å². The van der Waals surface area contributed by atoms with Crippen molar-refractivity contribution in [2.75, 3.05) is 13.2 Å². The lowest BCUT2D eigenvalue weighted by Crippen LogP contribution is -2.27. The third-order valence-corrected chi connectivity index (χ3v) is 8.21. The van der Waals surface area contributed by atoms with Crippen molar-refractivity contribution in [1.82, 2.24) is 14.5 Å². The molecule has 1 atom stereocenters. The lowest BCUT2D eigenvalue weighted by atomic mass is 9.87. The molecular formula is C34H27F6N3O4. The van der Waals surface area contributed by atoms with Gasteiger partial charge in [0, 0.05) is 29.0 Å². The molecule has 0 radical (unpaired) electrons. The second-order valence-electron chi connectivity index (χ2n) is 12.0. The SMILES string of the molecule is CC1(C)COC[C@H]1n1c(Cc2cc(F)c(-c3cccc(OCc4ccc(C(F)(F)F)cc4F)n3)cc2F)nc2ccc(C(=O)O)cc21. The molecule has 3 heterocycles. The minimum Gasteiger partial charge on any atom is -0.478 e. The van der Waals surface area contributed by atoms with Gasteiger partial charge in [-0.05, 0) is 54.1 Å². The molecule has 13 heteroatoms. The van der Waals surface area contributed by atoms with Crippen LogP contribution >= 0.6 is 0 Å². The van der Waals surface area contributed by atoms with Crippen LogP contribution in [0.3, 0.4) is 0 Å². The van der Waals surface area contributed by atoms with Crippen LogP contribution in [0.5, 0.6) is 5.88 Å². The first-order valence-electron chi connectivity index (χ1n) is 14.5. The van der Waals surface area contributed by atoms with Crippen molar-refractivity contribution in [3.8, 4) is 17.1 Å². The average Bonchev–Trinajstić information content (AvgIpc) is 3.54. The molecule has 0 spiro atoms. The van der Waals surface area contributed by atoms with Gasteiger partial charge in [-0.15, -0.1) is 0 Å². The van der Waals surface area contributed by atoms with Gasteiger partial charge in [0.05, 0.1) is 47.1 Å². The second kappa shape index (κ2) is 12.0. The number of carboxylic acids is 1. The van der Waals surface area contributed by atoms with Crippen LogP contribution in [0.15, 0.2) is 66.7 Å². The number of pyridine rings is 1. The summed E-state index contributed by atoms with van der Waals surface area (Å²) in [5.74, 6) is -3.43. The maximum absolute atomic E-state index is 15.6. The summed E-state index contributed by atoms with van der Waals surface area (Å²) in [7, 11) is 0. The quantitative estimate of drug-likeness (QED) is 0.171. The summed E-state index contributed by atoms with van der Waals surface area (Å²) < 4.78 is 97.0. The van der Waals surface area contributed by atoms with Crippen LogP contribution in [0.2, 0.25) is 0 Å². The lowest BCUT2D eigenvalue weighted by Gasteiger charge is -2.28. The Bertz CT molecular complexity index is 2010. The highest BCUT2D eigenvalue weighted by Gasteiger charge is 2.39. The highest BCUT2D eigenvalue weighted by Crippen LogP contribution is 2.41. The Morgan fingerprint density at radius 2 is 1.74 bits per heavy atom. The van der Waals surface area contributed by atoms with E-state index in [4.69, 9.17) is 9.47 Å². The number of nitrogens with zero attached hydrogens (tertiary/aromatic N) is 3. The molecule has 5 aromatic rings. The average molecular weight is 656 g/mol. The van der Waals surface area contributed by atoms with Crippen LogP contribution in [0.4, 0.5) is 26.3 Å². The number of hydrogen-bond donors (Lipinski definition) is 1.